The van der Waals surface area contributed by atoms with Crippen molar-refractivity contribution < 1.29 is 14.6 Å². The Labute approximate surface area is 97.6 Å². The van der Waals surface area contributed by atoms with Crippen molar-refractivity contribution in [1.82, 2.24) is 4.90 Å². The first kappa shape index (κ1) is 13.5. The second-order valence-corrected chi connectivity index (χ2v) is 4.43. The Balaban J connectivity index is 2.27. The Bertz CT molecular complexity index is 202. The second-order valence-electron chi connectivity index (χ2n) is 4.43. The summed E-state index contributed by atoms with van der Waals surface area (Å²) in [6, 6.07) is 0. The van der Waals surface area contributed by atoms with E-state index >= 15 is 0 Å². The van der Waals surface area contributed by atoms with Gasteiger partial charge in [-0.1, -0.05) is 6.92 Å². The van der Waals surface area contributed by atoms with E-state index in [0.717, 1.165) is 32.5 Å². The number of ether oxygens (including phenoxy) is 1. The molecule has 0 saturated carbocycles. The number of hydrogen-bond donors (Lipinski definition) is 1. The zero-order valence-corrected chi connectivity index (χ0v) is 10.2. The Kier molecular flexibility index (Phi) is 6.42. The molecule has 0 amide bonds. The van der Waals surface area contributed by atoms with Crippen molar-refractivity contribution in [3.63, 3.8) is 0 Å². The van der Waals surface area contributed by atoms with Gasteiger partial charge in [-0.2, -0.15) is 0 Å². The molecule has 0 aliphatic carbocycles. The predicted molar refractivity (Wildman–Crippen MR) is 62.6 cm³/mol. The van der Waals surface area contributed by atoms with Crippen molar-refractivity contribution in [3.05, 3.63) is 0 Å². The van der Waals surface area contributed by atoms with Gasteiger partial charge in [0.1, 0.15) is 0 Å². The molecule has 0 spiro atoms. The van der Waals surface area contributed by atoms with Crippen LogP contribution < -0.4 is 0 Å². The quantitative estimate of drug-likeness (QED) is 0.722. The summed E-state index contributed by atoms with van der Waals surface area (Å²) in [5.41, 5.74) is 0. The van der Waals surface area contributed by atoms with Gasteiger partial charge < -0.3 is 14.7 Å². The van der Waals surface area contributed by atoms with Crippen molar-refractivity contribution in [1.29, 1.82) is 0 Å². The Hall–Kier alpha value is -0.610. The van der Waals surface area contributed by atoms with Crippen LogP contribution in [-0.2, 0) is 9.53 Å². The predicted octanol–water partition coefficient (Wildman–Crippen LogP) is 1.74. The van der Waals surface area contributed by atoms with Gasteiger partial charge in [0.25, 0.3) is 0 Å². The van der Waals surface area contributed by atoms with Gasteiger partial charge in [-0.3, -0.25) is 4.79 Å². The summed E-state index contributed by atoms with van der Waals surface area (Å²) < 4.78 is 5.67. The second kappa shape index (κ2) is 7.63. The summed E-state index contributed by atoms with van der Waals surface area (Å²) in [6.07, 6.45) is 5.13. The largest absolute Gasteiger partial charge is 0.481 e. The molecule has 4 nitrogen and oxygen atoms in total. The Morgan fingerprint density at radius 2 is 2.25 bits per heavy atom. The summed E-state index contributed by atoms with van der Waals surface area (Å²) in [4.78, 5) is 12.8. The summed E-state index contributed by atoms with van der Waals surface area (Å²) in [7, 11) is 0. The highest BCUT2D eigenvalue weighted by Gasteiger charge is 2.17. The molecule has 1 N–H and O–H groups in total. The molecule has 1 heterocycles. The third kappa shape index (κ3) is 5.47. The maximum Gasteiger partial charge on any atom is 0.304 e. The molecule has 1 fully saturated rings. The van der Waals surface area contributed by atoms with Gasteiger partial charge >= 0.3 is 5.97 Å². The lowest BCUT2D eigenvalue weighted by Gasteiger charge is -2.29. The third-order valence-electron chi connectivity index (χ3n) is 2.92. The molecule has 0 radical (unpaired) electrons. The maximum atomic E-state index is 10.5. The smallest absolute Gasteiger partial charge is 0.304 e. The molecule has 0 aromatic rings. The van der Waals surface area contributed by atoms with Gasteiger partial charge in [-0.25, -0.2) is 0 Å². The van der Waals surface area contributed by atoms with Crippen LogP contribution in [0.3, 0.4) is 0 Å². The summed E-state index contributed by atoms with van der Waals surface area (Å²) >= 11 is 0. The number of nitrogens with zero attached hydrogens (tertiary/aromatic N) is 1. The number of carboxylic acids is 1. The number of hydrogen-bond acceptors (Lipinski definition) is 3. The van der Waals surface area contributed by atoms with Crippen molar-refractivity contribution >= 4 is 5.97 Å². The van der Waals surface area contributed by atoms with E-state index in [1.807, 2.05) is 0 Å². The van der Waals surface area contributed by atoms with Gasteiger partial charge in [0.2, 0.25) is 0 Å². The van der Waals surface area contributed by atoms with E-state index in [0.29, 0.717) is 12.6 Å². The average Bonchev–Trinajstić information content (AvgIpc) is 2.27. The van der Waals surface area contributed by atoms with Crippen LogP contribution >= 0.6 is 0 Å². The number of carbonyl (C=O) groups is 1. The van der Waals surface area contributed by atoms with Gasteiger partial charge in [0.05, 0.1) is 12.5 Å². The van der Waals surface area contributed by atoms with Crippen LogP contribution in [-0.4, -0.2) is 48.3 Å². The molecule has 0 unspecified atom stereocenters. The summed E-state index contributed by atoms with van der Waals surface area (Å²) in [5, 5.41) is 8.68. The minimum atomic E-state index is -0.717. The minimum Gasteiger partial charge on any atom is -0.481 e. The standard InChI is InChI=1S/C12H23NO3/c1-2-7-13(8-6-12(14)15)10-11-5-3-4-9-16-11/h11H,2-10H2,1H3,(H,14,15)/t11-/m1/s1. The molecule has 0 bridgehead atoms. The molecule has 0 aromatic carbocycles. The summed E-state index contributed by atoms with van der Waals surface area (Å²) in [6.45, 7) is 5.48. The van der Waals surface area contributed by atoms with Crippen molar-refractivity contribution in [2.24, 2.45) is 0 Å². The van der Waals surface area contributed by atoms with Crippen LogP contribution in [0.25, 0.3) is 0 Å². The number of aliphatic carboxylic acids is 1. The molecule has 1 saturated heterocycles. The van der Waals surface area contributed by atoms with Crippen LogP contribution in [0, 0.1) is 0 Å². The van der Waals surface area contributed by atoms with E-state index in [2.05, 4.69) is 11.8 Å². The number of rotatable bonds is 7. The van der Waals surface area contributed by atoms with E-state index in [4.69, 9.17) is 9.84 Å². The van der Waals surface area contributed by atoms with Gasteiger partial charge in [0.15, 0.2) is 0 Å². The van der Waals surface area contributed by atoms with E-state index in [1.54, 1.807) is 0 Å². The fourth-order valence-corrected chi connectivity index (χ4v) is 2.10. The molecular formula is C12H23NO3. The van der Waals surface area contributed by atoms with Crippen molar-refractivity contribution in [2.45, 2.75) is 45.1 Å². The highest BCUT2D eigenvalue weighted by atomic mass is 16.5. The van der Waals surface area contributed by atoms with E-state index < -0.39 is 5.97 Å². The molecule has 16 heavy (non-hydrogen) atoms. The van der Waals surface area contributed by atoms with Crippen LogP contribution in [0.1, 0.15) is 39.0 Å². The molecule has 1 aliphatic rings. The zero-order chi connectivity index (χ0) is 11.8. The molecule has 4 heteroatoms. The molecule has 1 rings (SSSR count). The molecular weight excluding hydrogens is 206 g/mol. The van der Waals surface area contributed by atoms with Gasteiger partial charge in [0, 0.05) is 19.7 Å². The molecule has 1 atom stereocenters. The monoisotopic (exact) mass is 229 g/mol. The Morgan fingerprint density at radius 3 is 2.81 bits per heavy atom. The first-order valence-corrected chi connectivity index (χ1v) is 6.28. The lowest BCUT2D eigenvalue weighted by atomic mass is 10.1. The van der Waals surface area contributed by atoms with Crippen molar-refractivity contribution in [2.75, 3.05) is 26.2 Å². The van der Waals surface area contributed by atoms with Crippen LogP contribution in [0.2, 0.25) is 0 Å². The van der Waals surface area contributed by atoms with Gasteiger partial charge in [-0.15, -0.1) is 0 Å². The minimum absolute atomic E-state index is 0.229. The first-order valence-electron chi connectivity index (χ1n) is 6.28. The molecule has 94 valence electrons. The topological polar surface area (TPSA) is 49.8 Å². The summed E-state index contributed by atoms with van der Waals surface area (Å²) in [5.74, 6) is -0.717. The van der Waals surface area contributed by atoms with Crippen molar-refractivity contribution in [3.8, 4) is 0 Å². The first-order chi connectivity index (χ1) is 7.72. The highest BCUT2D eigenvalue weighted by Crippen LogP contribution is 2.14. The van der Waals surface area contributed by atoms with E-state index in [-0.39, 0.29) is 6.42 Å². The SMILES string of the molecule is CCCN(CCC(=O)O)C[C@H]1CCCCO1. The lowest BCUT2D eigenvalue weighted by Crippen LogP contribution is -2.37. The highest BCUT2D eigenvalue weighted by molar-refractivity contribution is 5.66. The third-order valence-corrected chi connectivity index (χ3v) is 2.92. The lowest BCUT2D eigenvalue weighted by molar-refractivity contribution is -0.137. The number of carboxylic acid groups (broad SMARTS) is 1. The molecule has 0 aromatic heterocycles. The van der Waals surface area contributed by atoms with E-state index in [1.165, 1.54) is 12.8 Å². The molecule has 1 aliphatic heterocycles. The fraction of sp³-hybridized carbons (Fsp3) is 0.917. The van der Waals surface area contributed by atoms with Crippen LogP contribution in [0.4, 0.5) is 0 Å². The van der Waals surface area contributed by atoms with Gasteiger partial charge in [-0.05, 0) is 32.2 Å². The maximum absolute atomic E-state index is 10.5. The Morgan fingerprint density at radius 1 is 1.44 bits per heavy atom. The van der Waals surface area contributed by atoms with Crippen LogP contribution in [0.15, 0.2) is 0 Å². The fourth-order valence-electron chi connectivity index (χ4n) is 2.10. The normalized spacial score (nSPS) is 21.2. The zero-order valence-electron chi connectivity index (χ0n) is 10.2. The average molecular weight is 229 g/mol. The van der Waals surface area contributed by atoms with Crippen LogP contribution in [0.5, 0.6) is 0 Å². The van der Waals surface area contributed by atoms with E-state index in [9.17, 15) is 4.79 Å².